The van der Waals surface area contributed by atoms with Crippen molar-refractivity contribution in [2.45, 2.75) is 6.54 Å². The van der Waals surface area contributed by atoms with Crippen LogP contribution in [0.1, 0.15) is 5.56 Å². The predicted molar refractivity (Wildman–Crippen MR) is 51.4 cm³/mol. The van der Waals surface area contributed by atoms with Crippen LogP contribution in [0.2, 0.25) is 0 Å². The van der Waals surface area contributed by atoms with Crippen molar-refractivity contribution in [1.29, 1.82) is 0 Å². The van der Waals surface area contributed by atoms with Gasteiger partial charge >= 0.3 is 0 Å². The third-order valence-corrected chi connectivity index (χ3v) is 2.04. The Hall–Kier alpha value is -1.68. The van der Waals surface area contributed by atoms with Crippen molar-refractivity contribution in [2.75, 3.05) is 0 Å². The van der Waals surface area contributed by atoms with Crippen LogP contribution in [-0.2, 0) is 6.54 Å². The van der Waals surface area contributed by atoms with Crippen molar-refractivity contribution >= 4 is 0 Å². The molecule has 1 aromatic carbocycles. The Morgan fingerprint density at radius 1 is 1.43 bits per heavy atom. The number of rotatable bonds is 2. The fourth-order valence-electron chi connectivity index (χ4n) is 1.37. The number of benzene rings is 1. The normalized spacial score (nSPS) is 10.4. The molecule has 0 bridgehead atoms. The summed E-state index contributed by atoms with van der Waals surface area (Å²) in [6.07, 6.45) is 5.13. The molecule has 3 nitrogen and oxygen atoms in total. The standard InChI is InChI=1S/C10H10FN3/c11-9-1-2-10(8(5-9)6-12)14-4-3-13-7-14/h1-5,7H,6,12H2. The molecule has 14 heavy (non-hydrogen) atoms. The van der Waals surface area contributed by atoms with Gasteiger partial charge in [0, 0.05) is 18.9 Å². The van der Waals surface area contributed by atoms with E-state index in [1.165, 1.54) is 12.1 Å². The molecule has 0 unspecified atom stereocenters. The van der Waals surface area contributed by atoms with Gasteiger partial charge in [0.15, 0.2) is 0 Å². The Bertz CT molecular complexity index is 423. The second-order valence-corrected chi connectivity index (χ2v) is 2.95. The number of halogens is 1. The molecule has 2 rings (SSSR count). The van der Waals surface area contributed by atoms with Crippen molar-refractivity contribution in [3.8, 4) is 5.69 Å². The largest absolute Gasteiger partial charge is 0.326 e. The van der Waals surface area contributed by atoms with E-state index < -0.39 is 0 Å². The van der Waals surface area contributed by atoms with E-state index >= 15 is 0 Å². The summed E-state index contributed by atoms with van der Waals surface area (Å²) in [6, 6.07) is 4.54. The highest BCUT2D eigenvalue weighted by Gasteiger charge is 2.03. The van der Waals surface area contributed by atoms with Crippen molar-refractivity contribution in [2.24, 2.45) is 5.73 Å². The van der Waals surface area contributed by atoms with E-state index in [0.717, 1.165) is 11.3 Å². The molecule has 0 saturated carbocycles. The minimum Gasteiger partial charge on any atom is -0.326 e. The molecule has 2 N–H and O–H groups in total. The van der Waals surface area contributed by atoms with Crippen molar-refractivity contribution in [1.82, 2.24) is 9.55 Å². The molecule has 0 fully saturated rings. The summed E-state index contributed by atoms with van der Waals surface area (Å²) in [6.45, 7) is 0.311. The second-order valence-electron chi connectivity index (χ2n) is 2.95. The van der Waals surface area contributed by atoms with Gasteiger partial charge in [-0.25, -0.2) is 9.37 Å². The number of imidazole rings is 1. The van der Waals surface area contributed by atoms with Gasteiger partial charge < -0.3 is 10.3 Å². The van der Waals surface area contributed by atoms with Crippen LogP contribution >= 0.6 is 0 Å². The van der Waals surface area contributed by atoms with Gasteiger partial charge in [-0.2, -0.15) is 0 Å². The zero-order valence-electron chi connectivity index (χ0n) is 7.52. The van der Waals surface area contributed by atoms with Gasteiger partial charge in [-0.3, -0.25) is 0 Å². The summed E-state index contributed by atoms with van der Waals surface area (Å²) in [5, 5.41) is 0. The first-order chi connectivity index (χ1) is 6.81. The van der Waals surface area contributed by atoms with Crippen LogP contribution in [0.5, 0.6) is 0 Å². The van der Waals surface area contributed by atoms with Crippen molar-refractivity contribution in [3.63, 3.8) is 0 Å². The van der Waals surface area contributed by atoms with E-state index in [2.05, 4.69) is 4.98 Å². The molecular weight excluding hydrogens is 181 g/mol. The predicted octanol–water partition coefficient (Wildman–Crippen LogP) is 1.47. The maximum atomic E-state index is 12.9. The molecule has 0 saturated heterocycles. The average molecular weight is 191 g/mol. The Morgan fingerprint density at radius 3 is 2.93 bits per heavy atom. The summed E-state index contributed by atoms with van der Waals surface area (Å²) >= 11 is 0. The van der Waals surface area contributed by atoms with Gasteiger partial charge in [0.1, 0.15) is 5.82 Å². The highest BCUT2D eigenvalue weighted by molar-refractivity contribution is 5.41. The summed E-state index contributed by atoms with van der Waals surface area (Å²) in [4.78, 5) is 3.92. The first-order valence-corrected chi connectivity index (χ1v) is 4.28. The lowest BCUT2D eigenvalue weighted by atomic mass is 10.1. The quantitative estimate of drug-likeness (QED) is 0.781. The average Bonchev–Trinajstić information content (AvgIpc) is 2.70. The fourth-order valence-corrected chi connectivity index (χ4v) is 1.37. The lowest BCUT2D eigenvalue weighted by Crippen LogP contribution is -2.03. The number of aromatic nitrogens is 2. The molecule has 0 atom stereocenters. The Labute approximate surface area is 81.0 Å². The Balaban J connectivity index is 2.53. The molecule has 0 spiro atoms. The molecule has 4 heteroatoms. The maximum Gasteiger partial charge on any atom is 0.123 e. The molecule has 1 aromatic heterocycles. The highest BCUT2D eigenvalue weighted by atomic mass is 19.1. The lowest BCUT2D eigenvalue weighted by molar-refractivity contribution is 0.624. The van der Waals surface area contributed by atoms with Gasteiger partial charge in [-0.1, -0.05) is 0 Å². The maximum absolute atomic E-state index is 12.9. The van der Waals surface area contributed by atoms with Crippen LogP contribution in [0.4, 0.5) is 4.39 Å². The van der Waals surface area contributed by atoms with Gasteiger partial charge in [-0.15, -0.1) is 0 Å². The van der Waals surface area contributed by atoms with E-state index in [0.29, 0.717) is 6.54 Å². The number of hydrogen-bond donors (Lipinski definition) is 1. The third kappa shape index (κ3) is 1.52. The van der Waals surface area contributed by atoms with E-state index in [9.17, 15) is 4.39 Å². The summed E-state index contributed by atoms with van der Waals surface area (Å²) < 4.78 is 14.7. The zero-order chi connectivity index (χ0) is 9.97. The zero-order valence-corrected chi connectivity index (χ0v) is 7.52. The Morgan fingerprint density at radius 2 is 2.29 bits per heavy atom. The molecule has 0 aliphatic heterocycles. The van der Waals surface area contributed by atoms with Crippen molar-refractivity contribution in [3.05, 3.63) is 48.3 Å². The third-order valence-electron chi connectivity index (χ3n) is 2.04. The fraction of sp³-hybridized carbons (Fsp3) is 0.100. The molecule has 2 aromatic rings. The van der Waals surface area contributed by atoms with Crippen molar-refractivity contribution < 1.29 is 4.39 Å². The van der Waals surface area contributed by atoms with Crippen LogP contribution in [0.15, 0.2) is 36.9 Å². The topological polar surface area (TPSA) is 43.8 Å². The van der Waals surface area contributed by atoms with E-state index in [-0.39, 0.29) is 5.82 Å². The van der Waals surface area contributed by atoms with Crippen LogP contribution in [0.3, 0.4) is 0 Å². The van der Waals surface area contributed by atoms with Crippen LogP contribution in [0, 0.1) is 5.82 Å². The minimum absolute atomic E-state index is 0.269. The van der Waals surface area contributed by atoms with E-state index in [4.69, 9.17) is 5.73 Å². The molecular formula is C10H10FN3. The monoisotopic (exact) mass is 191 g/mol. The number of nitrogens with zero attached hydrogens (tertiary/aromatic N) is 2. The summed E-state index contributed by atoms with van der Waals surface area (Å²) in [5.74, 6) is -0.269. The van der Waals surface area contributed by atoms with Crippen LogP contribution < -0.4 is 5.73 Å². The number of hydrogen-bond acceptors (Lipinski definition) is 2. The molecule has 1 heterocycles. The van der Waals surface area contributed by atoms with Crippen LogP contribution in [-0.4, -0.2) is 9.55 Å². The molecule has 0 amide bonds. The molecule has 0 aliphatic carbocycles. The van der Waals surface area contributed by atoms with Crippen LogP contribution in [0.25, 0.3) is 5.69 Å². The summed E-state index contributed by atoms with van der Waals surface area (Å²) in [5.41, 5.74) is 7.16. The van der Waals surface area contributed by atoms with Gasteiger partial charge in [-0.05, 0) is 23.8 Å². The molecule has 72 valence electrons. The number of nitrogens with two attached hydrogens (primary N) is 1. The first-order valence-electron chi connectivity index (χ1n) is 4.28. The van der Waals surface area contributed by atoms with Gasteiger partial charge in [0.05, 0.1) is 12.0 Å². The van der Waals surface area contributed by atoms with Gasteiger partial charge in [0.2, 0.25) is 0 Å². The lowest BCUT2D eigenvalue weighted by Gasteiger charge is -2.07. The van der Waals surface area contributed by atoms with E-state index in [1.807, 2.05) is 4.57 Å². The second kappa shape index (κ2) is 3.59. The molecule has 0 radical (unpaired) electrons. The molecule has 0 aliphatic rings. The summed E-state index contributed by atoms with van der Waals surface area (Å²) in [7, 11) is 0. The Kier molecular flexibility index (Phi) is 2.28. The SMILES string of the molecule is NCc1cc(F)ccc1-n1ccnc1. The first kappa shape index (κ1) is 8.90. The van der Waals surface area contributed by atoms with Gasteiger partial charge in [0.25, 0.3) is 0 Å². The minimum atomic E-state index is -0.269. The van der Waals surface area contributed by atoms with E-state index in [1.54, 1.807) is 24.8 Å². The highest BCUT2D eigenvalue weighted by Crippen LogP contribution is 2.15. The smallest absolute Gasteiger partial charge is 0.123 e.